The summed E-state index contributed by atoms with van der Waals surface area (Å²) in [5, 5.41) is 9.06. The highest BCUT2D eigenvalue weighted by molar-refractivity contribution is 6.37. The highest BCUT2D eigenvalue weighted by Gasteiger charge is 2.24. The lowest BCUT2D eigenvalue weighted by Crippen LogP contribution is -2.12. The maximum Gasteiger partial charge on any atom is 0.358 e. The molecule has 0 saturated carbocycles. The van der Waals surface area contributed by atoms with E-state index in [1.54, 1.807) is 72.9 Å². The standard InChI is InChI=1S/2C17H14Cl2N6O2/c1-3-27-16(26)14-8-21-17-23-9(2)12(7-22-24-20)15(25(14)17)11-5-4-10(18)6-13(11)19;1-3-27-16(26)14-8-25-15(11-5-4-10(18)6-13(11)19)12(7-21-24-20)9(2)22-17(25)23-14/h2*4-6,8H,3,7H2,1-2H3. The van der Waals surface area contributed by atoms with Crippen molar-refractivity contribution < 1.29 is 19.1 Å². The first-order valence-electron chi connectivity index (χ1n) is 16.0. The van der Waals surface area contributed by atoms with E-state index in [0.29, 0.717) is 76.7 Å². The van der Waals surface area contributed by atoms with Gasteiger partial charge in [0, 0.05) is 59.7 Å². The van der Waals surface area contributed by atoms with E-state index in [9.17, 15) is 9.59 Å². The number of carbonyl (C=O) groups is 2. The van der Waals surface area contributed by atoms with Gasteiger partial charge in [-0.25, -0.2) is 29.5 Å². The summed E-state index contributed by atoms with van der Waals surface area (Å²) in [6, 6.07) is 10.1. The summed E-state index contributed by atoms with van der Waals surface area (Å²) in [6.07, 6.45) is 2.92. The maximum atomic E-state index is 12.4. The number of imidazole rings is 2. The Bertz CT molecular complexity index is 2520. The zero-order valence-electron chi connectivity index (χ0n) is 29.0. The van der Waals surface area contributed by atoms with Gasteiger partial charge in [0.1, 0.15) is 0 Å². The molecule has 0 bridgehead atoms. The molecule has 0 aliphatic heterocycles. The number of fused-ring (bicyclic) bond motifs is 2. The number of aryl methyl sites for hydroxylation is 2. The minimum Gasteiger partial charge on any atom is -0.461 e. The third kappa shape index (κ3) is 8.29. The third-order valence-corrected chi connectivity index (χ3v) is 8.90. The van der Waals surface area contributed by atoms with Gasteiger partial charge in [0.25, 0.3) is 0 Å². The maximum absolute atomic E-state index is 12.4. The first-order valence-corrected chi connectivity index (χ1v) is 17.5. The van der Waals surface area contributed by atoms with Gasteiger partial charge >= 0.3 is 11.9 Å². The number of ether oxygens (including phenoxy) is 2. The second kappa shape index (κ2) is 17.5. The van der Waals surface area contributed by atoms with Crippen molar-refractivity contribution in [1.82, 2.24) is 28.7 Å². The lowest BCUT2D eigenvalue weighted by atomic mass is 10.0. The normalized spacial score (nSPS) is 10.7. The number of benzene rings is 2. The summed E-state index contributed by atoms with van der Waals surface area (Å²) in [6.45, 7) is 7.51. The fourth-order valence-corrected chi connectivity index (χ4v) is 6.48. The van der Waals surface area contributed by atoms with Crippen molar-refractivity contribution in [2.45, 2.75) is 40.8 Å². The highest BCUT2D eigenvalue weighted by Crippen LogP contribution is 2.36. The second-order valence-corrected chi connectivity index (χ2v) is 12.8. The zero-order valence-corrected chi connectivity index (χ0v) is 32.0. The van der Waals surface area contributed by atoms with E-state index in [-0.39, 0.29) is 37.7 Å². The predicted octanol–water partition coefficient (Wildman–Crippen LogP) is 10.00. The SMILES string of the molecule is CCOC(=O)c1cn2c(-c3ccc(Cl)cc3Cl)c(CN=[N+]=[N-])c(C)nc2n1.CCOC(=O)c1cnc2nc(C)c(CN=[N+]=[N-])c(-c3ccc(Cl)cc3Cl)n12. The van der Waals surface area contributed by atoms with Crippen molar-refractivity contribution in [3.8, 4) is 22.5 Å². The summed E-state index contributed by atoms with van der Waals surface area (Å²) >= 11 is 24.9. The predicted molar refractivity (Wildman–Crippen MR) is 204 cm³/mol. The molecule has 0 N–H and O–H groups in total. The molecule has 6 aromatic rings. The molecule has 54 heavy (non-hydrogen) atoms. The number of esters is 2. The molecule has 4 heterocycles. The molecule has 0 spiro atoms. The van der Waals surface area contributed by atoms with Crippen LogP contribution in [0.3, 0.4) is 0 Å². The molecular weight excluding hydrogens is 782 g/mol. The van der Waals surface area contributed by atoms with Crippen molar-refractivity contribution in [3.05, 3.63) is 124 Å². The molecule has 2 aromatic carbocycles. The number of aromatic nitrogens is 6. The van der Waals surface area contributed by atoms with E-state index in [1.165, 1.54) is 12.4 Å². The number of azide groups is 2. The Labute approximate surface area is 326 Å². The van der Waals surface area contributed by atoms with Gasteiger partial charge in [-0.05, 0) is 75.2 Å². The smallest absolute Gasteiger partial charge is 0.358 e. The molecule has 4 aromatic heterocycles. The van der Waals surface area contributed by atoms with Gasteiger partial charge in [-0.2, -0.15) is 0 Å². The number of carbonyl (C=O) groups excluding carboxylic acids is 2. The van der Waals surface area contributed by atoms with Crippen LogP contribution in [-0.4, -0.2) is 53.9 Å². The molecule has 0 unspecified atom stereocenters. The average molecular weight is 810 g/mol. The quantitative estimate of drug-likeness (QED) is 0.0561. The van der Waals surface area contributed by atoms with Crippen LogP contribution in [0, 0.1) is 13.8 Å². The third-order valence-electron chi connectivity index (χ3n) is 7.80. The fraction of sp³-hybridized carbons (Fsp3) is 0.235. The van der Waals surface area contributed by atoms with Crippen molar-refractivity contribution in [3.63, 3.8) is 0 Å². The lowest BCUT2D eigenvalue weighted by molar-refractivity contribution is 0.0510. The molecule has 0 aliphatic rings. The largest absolute Gasteiger partial charge is 0.461 e. The van der Waals surface area contributed by atoms with Crippen molar-refractivity contribution >= 4 is 69.9 Å². The van der Waals surface area contributed by atoms with Gasteiger partial charge in [0.15, 0.2) is 11.4 Å². The van der Waals surface area contributed by atoms with Gasteiger partial charge in [-0.15, -0.1) is 0 Å². The average Bonchev–Trinajstić information content (AvgIpc) is 3.75. The second-order valence-electron chi connectivity index (χ2n) is 11.1. The molecule has 16 nitrogen and oxygen atoms in total. The van der Waals surface area contributed by atoms with E-state index < -0.39 is 11.9 Å². The van der Waals surface area contributed by atoms with E-state index in [1.807, 2.05) is 0 Å². The molecular formula is C34H28Cl4N12O4. The van der Waals surface area contributed by atoms with Crippen LogP contribution >= 0.6 is 46.4 Å². The molecule has 0 amide bonds. The minimum absolute atomic E-state index is 0.0278. The first kappa shape index (κ1) is 39.6. The molecule has 20 heteroatoms. The van der Waals surface area contributed by atoms with Gasteiger partial charge in [0.05, 0.1) is 53.9 Å². The van der Waals surface area contributed by atoms with E-state index >= 15 is 0 Å². The van der Waals surface area contributed by atoms with Crippen molar-refractivity contribution in [2.24, 2.45) is 10.2 Å². The van der Waals surface area contributed by atoms with Crippen LogP contribution in [0.5, 0.6) is 0 Å². The number of rotatable bonds is 10. The Morgan fingerprint density at radius 1 is 0.759 bits per heavy atom. The Hall–Kier alpha value is -5.60. The van der Waals surface area contributed by atoms with Gasteiger partial charge < -0.3 is 9.47 Å². The van der Waals surface area contributed by atoms with Gasteiger partial charge in [-0.1, -0.05) is 56.6 Å². The molecule has 0 radical (unpaired) electrons. The number of halogens is 4. The molecule has 0 fully saturated rings. The van der Waals surface area contributed by atoms with Crippen LogP contribution < -0.4 is 0 Å². The number of nitrogens with zero attached hydrogens (tertiary/aromatic N) is 12. The van der Waals surface area contributed by atoms with Crippen LogP contribution in [0.25, 0.3) is 55.0 Å². The summed E-state index contributed by atoms with van der Waals surface area (Å²) < 4.78 is 13.3. The minimum atomic E-state index is -0.551. The Kier molecular flexibility index (Phi) is 12.8. The van der Waals surface area contributed by atoms with Crippen LogP contribution in [-0.2, 0) is 22.6 Å². The summed E-state index contributed by atoms with van der Waals surface area (Å²) in [5.74, 6) is -0.482. The molecule has 6 rings (SSSR count). The number of hydrogen-bond acceptors (Lipinski definition) is 10. The monoisotopic (exact) mass is 808 g/mol. The van der Waals surface area contributed by atoms with Gasteiger partial charge in [0.2, 0.25) is 11.6 Å². The Morgan fingerprint density at radius 2 is 1.28 bits per heavy atom. The summed E-state index contributed by atoms with van der Waals surface area (Å²) in [7, 11) is 0. The van der Waals surface area contributed by atoms with Crippen LogP contribution in [0.15, 0.2) is 59.0 Å². The summed E-state index contributed by atoms with van der Waals surface area (Å²) in [4.78, 5) is 47.4. The van der Waals surface area contributed by atoms with Crippen LogP contribution in [0.1, 0.15) is 57.3 Å². The van der Waals surface area contributed by atoms with E-state index in [4.69, 9.17) is 66.9 Å². The fourth-order valence-electron chi connectivity index (χ4n) is 5.49. The Morgan fingerprint density at radius 3 is 1.81 bits per heavy atom. The Balaban J connectivity index is 0.000000208. The van der Waals surface area contributed by atoms with Crippen LogP contribution in [0.2, 0.25) is 20.1 Å². The summed E-state index contributed by atoms with van der Waals surface area (Å²) in [5.41, 5.74) is 22.7. The molecule has 0 aliphatic carbocycles. The number of hydrogen-bond donors (Lipinski definition) is 0. The molecule has 276 valence electrons. The van der Waals surface area contributed by atoms with Crippen LogP contribution in [0.4, 0.5) is 0 Å². The topological polar surface area (TPSA) is 210 Å². The molecule has 0 saturated heterocycles. The highest BCUT2D eigenvalue weighted by atomic mass is 35.5. The lowest BCUT2D eigenvalue weighted by Gasteiger charge is -2.16. The van der Waals surface area contributed by atoms with Crippen molar-refractivity contribution in [2.75, 3.05) is 13.2 Å². The van der Waals surface area contributed by atoms with Gasteiger partial charge in [-0.3, -0.25) is 8.80 Å². The van der Waals surface area contributed by atoms with E-state index in [0.717, 1.165) is 0 Å². The zero-order chi connectivity index (χ0) is 39.1. The van der Waals surface area contributed by atoms with Crippen molar-refractivity contribution in [1.29, 1.82) is 0 Å². The van der Waals surface area contributed by atoms with E-state index in [2.05, 4.69) is 40.0 Å². The first-order chi connectivity index (χ1) is 25.9. The molecule has 0 atom stereocenters.